The Labute approximate surface area is 137 Å². The molecule has 2 aromatic heterocycles. The highest BCUT2D eigenvalue weighted by Gasteiger charge is 2.15. The van der Waals surface area contributed by atoms with E-state index in [1.807, 2.05) is 6.07 Å². The molecule has 1 amide bonds. The first kappa shape index (κ1) is 15.9. The second kappa shape index (κ2) is 6.61. The Bertz CT molecular complexity index is 931. The maximum Gasteiger partial charge on any atom is 0.261 e. The number of nitrogens with one attached hydrogen (secondary N) is 1. The van der Waals surface area contributed by atoms with Gasteiger partial charge in [0.25, 0.3) is 5.56 Å². The summed E-state index contributed by atoms with van der Waals surface area (Å²) in [4.78, 5) is 32.7. The van der Waals surface area contributed by atoms with Crippen molar-refractivity contribution in [3.63, 3.8) is 0 Å². The fraction of sp³-hybridized carbons (Fsp3) is 0.312. The predicted octanol–water partition coefficient (Wildman–Crippen LogP) is 1.36. The van der Waals surface area contributed by atoms with Crippen LogP contribution in [0.25, 0.3) is 10.9 Å². The summed E-state index contributed by atoms with van der Waals surface area (Å²) in [5.41, 5.74) is 0.484. The Morgan fingerprint density at radius 2 is 2.17 bits per heavy atom. The zero-order valence-corrected chi connectivity index (χ0v) is 13.4. The molecule has 0 aliphatic carbocycles. The van der Waals surface area contributed by atoms with Gasteiger partial charge in [0.15, 0.2) is 5.82 Å². The van der Waals surface area contributed by atoms with Crippen molar-refractivity contribution in [3.8, 4) is 0 Å². The molecule has 2 heterocycles. The molecule has 0 radical (unpaired) electrons. The number of carbonyl (C=O) groups excluding carboxylic acids is 1. The van der Waals surface area contributed by atoms with Gasteiger partial charge in [0.2, 0.25) is 11.8 Å². The molecular weight excluding hydrogens is 310 g/mol. The van der Waals surface area contributed by atoms with E-state index in [0.717, 1.165) is 0 Å². The molecule has 8 heteroatoms. The van der Waals surface area contributed by atoms with E-state index in [4.69, 9.17) is 4.52 Å². The molecule has 3 rings (SSSR count). The van der Waals surface area contributed by atoms with Gasteiger partial charge in [0.1, 0.15) is 6.04 Å². The molecular formula is C16H17N5O3. The highest BCUT2D eigenvalue weighted by molar-refractivity contribution is 5.77. The molecule has 0 bridgehead atoms. The smallest absolute Gasteiger partial charge is 0.261 e. The fourth-order valence-corrected chi connectivity index (χ4v) is 2.35. The van der Waals surface area contributed by atoms with E-state index in [9.17, 15) is 9.59 Å². The lowest BCUT2D eigenvalue weighted by Gasteiger charge is -2.10. The van der Waals surface area contributed by atoms with Gasteiger partial charge >= 0.3 is 0 Å². The number of nitrogens with zero attached hydrogens (tertiary/aromatic N) is 4. The van der Waals surface area contributed by atoms with Crippen LogP contribution in [-0.4, -0.2) is 25.6 Å². The number of aryl methyl sites for hydroxylation is 2. The Kier molecular flexibility index (Phi) is 4.37. The van der Waals surface area contributed by atoms with E-state index in [0.29, 0.717) is 22.6 Å². The molecule has 1 aromatic carbocycles. The predicted molar refractivity (Wildman–Crippen MR) is 86.2 cm³/mol. The van der Waals surface area contributed by atoms with Crippen molar-refractivity contribution in [2.45, 2.75) is 32.9 Å². The van der Waals surface area contributed by atoms with Crippen LogP contribution >= 0.6 is 0 Å². The second-order valence-electron chi connectivity index (χ2n) is 5.48. The minimum atomic E-state index is -0.384. The standard InChI is InChI=1S/C16H17N5O3/c1-10(15-19-11(2)20-24-15)18-14(22)7-8-21-9-17-13-6-4-3-5-12(13)16(21)23/h3-6,9-10H,7-8H2,1-2H3,(H,18,22)/t10-/m0/s1. The van der Waals surface area contributed by atoms with Crippen molar-refractivity contribution in [1.29, 1.82) is 0 Å². The van der Waals surface area contributed by atoms with Gasteiger partial charge in [-0.05, 0) is 26.0 Å². The largest absolute Gasteiger partial charge is 0.345 e. The lowest BCUT2D eigenvalue weighted by atomic mass is 10.2. The highest BCUT2D eigenvalue weighted by Crippen LogP contribution is 2.09. The summed E-state index contributed by atoms with van der Waals surface area (Å²) in [7, 11) is 0. The second-order valence-corrected chi connectivity index (χ2v) is 5.48. The zero-order chi connectivity index (χ0) is 17.1. The topological polar surface area (TPSA) is 103 Å². The van der Waals surface area contributed by atoms with Crippen molar-refractivity contribution in [2.24, 2.45) is 0 Å². The third kappa shape index (κ3) is 3.32. The molecule has 0 saturated heterocycles. The summed E-state index contributed by atoms with van der Waals surface area (Å²) in [6.07, 6.45) is 1.61. The Balaban J connectivity index is 1.64. The molecule has 3 aromatic rings. The molecule has 124 valence electrons. The molecule has 0 saturated carbocycles. The number of para-hydroxylation sites is 1. The van der Waals surface area contributed by atoms with Crippen LogP contribution in [0.15, 0.2) is 39.9 Å². The van der Waals surface area contributed by atoms with Crippen LogP contribution in [0.2, 0.25) is 0 Å². The molecule has 0 aliphatic heterocycles. The Morgan fingerprint density at radius 3 is 2.92 bits per heavy atom. The number of carbonyl (C=O) groups is 1. The number of hydrogen-bond acceptors (Lipinski definition) is 6. The van der Waals surface area contributed by atoms with Gasteiger partial charge in [0, 0.05) is 13.0 Å². The Morgan fingerprint density at radius 1 is 1.38 bits per heavy atom. The summed E-state index contributed by atoms with van der Waals surface area (Å²) in [5, 5.41) is 6.99. The maximum absolute atomic E-state index is 12.3. The van der Waals surface area contributed by atoms with Crippen molar-refractivity contribution in [2.75, 3.05) is 0 Å². The van der Waals surface area contributed by atoms with Gasteiger partial charge < -0.3 is 9.84 Å². The number of rotatable bonds is 5. The van der Waals surface area contributed by atoms with E-state index in [2.05, 4.69) is 20.4 Å². The first-order valence-corrected chi connectivity index (χ1v) is 7.58. The van der Waals surface area contributed by atoms with E-state index < -0.39 is 0 Å². The van der Waals surface area contributed by atoms with Crippen LogP contribution in [0, 0.1) is 6.92 Å². The number of aromatic nitrogens is 4. The van der Waals surface area contributed by atoms with Crippen molar-refractivity contribution < 1.29 is 9.32 Å². The molecule has 24 heavy (non-hydrogen) atoms. The first-order chi connectivity index (χ1) is 11.5. The number of amides is 1. The highest BCUT2D eigenvalue weighted by atomic mass is 16.5. The van der Waals surface area contributed by atoms with Crippen LogP contribution in [0.4, 0.5) is 0 Å². The summed E-state index contributed by atoms with van der Waals surface area (Å²) >= 11 is 0. The van der Waals surface area contributed by atoms with E-state index >= 15 is 0 Å². The summed E-state index contributed by atoms with van der Waals surface area (Å²) < 4.78 is 6.45. The number of fused-ring (bicyclic) bond motifs is 1. The molecule has 1 atom stereocenters. The van der Waals surface area contributed by atoms with E-state index in [1.165, 1.54) is 10.9 Å². The lowest BCUT2D eigenvalue weighted by molar-refractivity contribution is -0.122. The summed E-state index contributed by atoms with van der Waals surface area (Å²) in [6.45, 7) is 3.72. The minimum Gasteiger partial charge on any atom is -0.345 e. The molecule has 0 fully saturated rings. The minimum absolute atomic E-state index is 0.150. The van der Waals surface area contributed by atoms with Crippen LogP contribution < -0.4 is 10.9 Å². The SMILES string of the molecule is Cc1noc([C@H](C)NC(=O)CCn2cnc3ccccc3c2=O)n1. The lowest BCUT2D eigenvalue weighted by Crippen LogP contribution is -2.29. The number of benzene rings is 1. The third-order valence-electron chi connectivity index (χ3n) is 3.60. The molecule has 0 spiro atoms. The maximum atomic E-state index is 12.3. The quantitative estimate of drug-likeness (QED) is 0.759. The normalized spacial score (nSPS) is 12.2. The average molecular weight is 327 g/mol. The Hall–Kier alpha value is -3.03. The first-order valence-electron chi connectivity index (χ1n) is 7.58. The van der Waals surface area contributed by atoms with Gasteiger partial charge in [0.05, 0.1) is 17.2 Å². The van der Waals surface area contributed by atoms with Gasteiger partial charge in [-0.25, -0.2) is 4.98 Å². The summed E-state index contributed by atoms with van der Waals surface area (Å²) in [5.74, 6) is 0.656. The zero-order valence-electron chi connectivity index (χ0n) is 13.4. The third-order valence-corrected chi connectivity index (χ3v) is 3.60. The van der Waals surface area contributed by atoms with Gasteiger partial charge in [-0.1, -0.05) is 17.3 Å². The molecule has 0 aliphatic rings. The van der Waals surface area contributed by atoms with Crippen molar-refractivity contribution in [1.82, 2.24) is 25.0 Å². The fourth-order valence-electron chi connectivity index (χ4n) is 2.35. The van der Waals surface area contributed by atoms with Crippen LogP contribution in [0.3, 0.4) is 0 Å². The average Bonchev–Trinajstić information content (AvgIpc) is 3.01. The summed E-state index contributed by atoms with van der Waals surface area (Å²) in [6, 6.07) is 6.73. The van der Waals surface area contributed by atoms with Gasteiger partial charge in [-0.15, -0.1) is 0 Å². The number of hydrogen-bond donors (Lipinski definition) is 1. The van der Waals surface area contributed by atoms with Gasteiger partial charge in [-0.2, -0.15) is 4.98 Å². The molecule has 0 unspecified atom stereocenters. The van der Waals surface area contributed by atoms with Crippen LogP contribution in [0.5, 0.6) is 0 Å². The van der Waals surface area contributed by atoms with E-state index in [1.54, 1.807) is 32.0 Å². The van der Waals surface area contributed by atoms with Gasteiger partial charge in [-0.3, -0.25) is 14.2 Å². The van der Waals surface area contributed by atoms with Crippen LogP contribution in [-0.2, 0) is 11.3 Å². The molecule has 8 nitrogen and oxygen atoms in total. The van der Waals surface area contributed by atoms with Crippen molar-refractivity contribution >= 4 is 16.8 Å². The van der Waals surface area contributed by atoms with Crippen LogP contribution in [0.1, 0.15) is 31.1 Å². The monoisotopic (exact) mass is 327 g/mol. The van der Waals surface area contributed by atoms with Crippen molar-refractivity contribution in [3.05, 3.63) is 52.7 Å². The van der Waals surface area contributed by atoms with E-state index in [-0.39, 0.29) is 30.5 Å². The molecule has 1 N–H and O–H groups in total.